The van der Waals surface area contributed by atoms with Crippen molar-refractivity contribution in [3.05, 3.63) is 78.5 Å². The van der Waals surface area contributed by atoms with Crippen LogP contribution in [0.15, 0.2) is 72.2 Å². The molecule has 0 atom stereocenters. The zero-order valence-corrected chi connectivity index (χ0v) is 20.2. The average molecular weight is 505 g/mol. The summed E-state index contributed by atoms with van der Waals surface area (Å²) in [6.07, 6.45) is 4.48. The van der Waals surface area contributed by atoms with Gasteiger partial charge < -0.3 is 25.0 Å². The Bertz CT molecular complexity index is 1420. The first-order valence-electron chi connectivity index (χ1n) is 11.2. The van der Waals surface area contributed by atoms with Gasteiger partial charge in [-0.1, -0.05) is 12.1 Å². The molecule has 0 fully saturated rings. The minimum Gasteiger partial charge on any atom is -0.508 e. The van der Waals surface area contributed by atoms with Crippen molar-refractivity contribution in [2.75, 3.05) is 25.6 Å². The normalized spacial score (nSPS) is 11.2. The van der Waals surface area contributed by atoms with Gasteiger partial charge in [-0.3, -0.25) is 4.98 Å². The third-order valence-corrected chi connectivity index (χ3v) is 5.15. The lowest BCUT2D eigenvalue weighted by Crippen LogP contribution is -2.31. The van der Waals surface area contributed by atoms with Crippen LogP contribution in [0.1, 0.15) is 5.56 Å². The summed E-state index contributed by atoms with van der Waals surface area (Å²) in [5.74, 6) is 0.132. The number of hydrazone groups is 1. The van der Waals surface area contributed by atoms with E-state index in [2.05, 4.69) is 20.3 Å². The van der Waals surface area contributed by atoms with Gasteiger partial charge in [-0.05, 0) is 50.0 Å². The Kier molecular flexibility index (Phi) is 7.69. The predicted octanol–water partition coefficient (Wildman–Crippen LogP) is 3.46. The van der Waals surface area contributed by atoms with Crippen molar-refractivity contribution in [3.63, 3.8) is 0 Å². The first kappa shape index (κ1) is 25.3. The molecule has 4 aromatic rings. The van der Waals surface area contributed by atoms with Crippen LogP contribution in [0.3, 0.4) is 0 Å². The second kappa shape index (κ2) is 11.3. The number of carbonyl (C=O) groups is 1. The van der Waals surface area contributed by atoms with Gasteiger partial charge >= 0.3 is 6.03 Å². The van der Waals surface area contributed by atoms with Gasteiger partial charge in [0.05, 0.1) is 11.9 Å². The Labute approximate surface area is 212 Å². The molecule has 12 heteroatoms. The van der Waals surface area contributed by atoms with Gasteiger partial charge in [0, 0.05) is 31.4 Å². The molecule has 0 unspecified atom stereocenters. The number of aromatic nitrogens is 4. The molecule has 0 saturated carbocycles. The molecule has 190 valence electrons. The summed E-state index contributed by atoms with van der Waals surface area (Å²) in [6.45, 7) is 1.46. The van der Waals surface area contributed by atoms with E-state index in [-0.39, 0.29) is 17.2 Å². The van der Waals surface area contributed by atoms with Crippen LogP contribution in [0.25, 0.3) is 11.5 Å². The van der Waals surface area contributed by atoms with Crippen molar-refractivity contribution < 1.29 is 19.0 Å². The maximum Gasteiger partial charge on any atom is 0.340 e. The molecule has 11 nitrogen and oxygen atoms in total. The number of amides is 2. The molecule has 2 aromatic carbocycles. The molecular weight excluding hydrogens is 479 g/mol. The van der Waals surface area contributed by atoms with E-state index in [9.17, 15) is 14.3 Å². The predicted molar refractivity (Wildman–Crippen MR) is 136 cm³/mol. The molecule has 0 radical (unpaired) electrons. The Balaban J connectivity index is 1.53. The number of hydrogen-bond donors (Lipinski definition) is 2. The van der Waals surface area contributed by atoms with E-state index in [0.29, 0.717) is 29.4 Å². The molecule has 2 aromatic heterocycles. The maximum absolute atomic E-state index is 15.0. The second-order valence-electron chi connectivity index (χ2n) is 8.23. The molecular formula is C25H25FN8O3. The minimum absolute atomic E-state index is 0.0372. The lowest BCUT2D eigenvalue weighted by molar-refractivity contribution is 0.254. The second-order valence-corrected chi connectivity index (χ2v) is 8.23. The molecule has 0 saturated heterocycles. The topological polar surface area (TPSA) is 135 Å². The number of benzene rings is 2. The van der Waals surface area contributed by atoms with Gasteiger partial charge in [-0.15, -0.1) is 10.2 Å². The average Bonchev–Trinajstić information content (AvgIpc) is 3.33. The standard InChI is InChI=1S/C25H25FN8O3/c1-32(2)10-11-33-16-29-31-24(33)22-14-20(8-9-28-22)37-23-7-6-18(13-21(23)26)34(25(27)36)30-15-17-4-3-5-19(35)12-17/h3-9,12-16,35H,10-11H2,1-2H3,(H2,27,36)/b30-15+. The fourth-order valence-corrected chi connectivity index (χ4v) is 3.33. The van der Waals surface area contributed by atoms with Crippen LogP contribution < -0.4 is 15.5 Å². The summed E-state index contributed by atoms with van der Waals surface area (Å²) in [5.41, 5.74) is 6.58. The molecule has 4 rings (SSSR count). The summed E-state index contributed by atoms with van der Waals surface area (Å²) in [7, 11) is 3.95. The van der Waals surface area contributed by atoms with E-state index < -0.39 is 11.8 Å². The number of primary amides is 1. The number of nitrogens with two attached hydrogens (primary N) is 1. The van der Waals surface area contributed by atoms with Crippen molar-refractivity contribution in [1.29, 1.82) is 0 Å². The van der Waals surface area contributed by atoms with Gasteiger partial charge in [0.1, 0.15) is 23.5 Å². The smallest absolute Gasteiger partial charge is 0.340 e. The Morgan fingerprint density at radius 1 is 1.22 bits per heavy atom. The van der Waals surface area contributed by atoms with E-state index in [1.54, 1.807) is 30.6 Å². The monoisotopic (exact) mass is 504 g/mol. The van der Waals surface area contributed by atoms with Crippen LogP contribution in [-0.2, 0) is 6.54 Å². The zero-order chi connectivity index (χ0) is 26.4. The maximum atomic E-state index is 15.0. The number of ether oxygens (including phenoxy) is 1. The van der Waals surface area contributed by atoms with Gasteiger partial charge in [0.25, 0.3) is 0 Å². The van der Waals surface area contributed by atoms with Gasteiger partial charge in [-0.2, -0.15) is 10.1 Å². The quantitative estimate of drug-likeness (QED) is 0.263. The number of rotatable bonds is 9. The first-order valence-corrected chi connectivity index (χ1v) is 11.2. The number of carbonyl (C=O) groups excluding carboxylic acids is 1. The highest BCUT2D eigenvalue weighted by molar-refractivity contribution is 5.93. The van der Waals surface area contributed by atoms with E-state index in [1.807, 2.05) is 23.6 Å². The van der Waals surface area contributed by atoms with Crippen LogP contribution in [0.2, 0.25) is 0 Å². The zero-order valence-electron chi connectivity index (χ0n) is 20.2. The molecule has 2 amide bonds. The van der Waals surface area contributed by atoms with Crippen molar-refractivity contribution in [2.24, 2.45) is 10.8 Å². The SMILES string of the molecule is CN(C)CCn1cnnc1-c1cc(Oc2ccc(N(/N=C/c3cccc(O)c3)C(N)=O)cc2F)ccn1. The fourth-order valence-electron chi connectivity index (χ4n) is 3.33. The molecule has 37 heavy (non-hydrogen) atoms. The number of likely N-dealkylation sites (N-methyl/N-ethyl adjacent to an activating group) is 1. The fraction of sp³-hybridized carbons (Fsp3) is 0.160. The van der Waals surface area contributed by atoms with Crippen molar-refractivity contribution in [3.8, 4) is 28.8 Å². The number of nitrogens with zero attached hydrogens (tertiary/aromatic N) is 7. The van der Waals surface area contributed by atoms with Crippen molar-refractivity contribution >= 4 is 17.9 Å². The van der Waals surface area contributed by atoms with Crippen LogP contribution in [0.4, 0.5) is 14.9 Å². The van der Waals surface area contributed by atoms with Gasteiger partial charge in [0.2, 0.25) is 0 Å². The Hall–Kier alpha value is -4.84. The number of phenolic OH excluding ortho intramolecular Hbond substituents is 1. The molecule has 0 spiro atoms. The summed E-state index contributed by atoms with van der Waals surface area (Å²) >= 11 is 0. The van der Waals surface area contributed by atoms with Crippen LogP contribution in [0.5, 0.6) is 17.2 Å². The highest BCUT2D eigenvalue weighted by Gasteiger charge is 2.16. The lowest BCUT2D eigenvalue weighted by Gasteiger charge is -2.16. The molecule has 0 aliphatic carbocycles. The van der Waals surface area contributed by atoms with Crippen LogP contribution in [0, 0.1) is 5.82 Å². The third-order valence-electron chi connectivity index (χ3n) is 5.15. The van der Waals surface area contributed by atoms with E-state index in [1.165, 1.54) is 36.7 Å². The van der Waals surface area contributed by atoms with E-state index in [4.69, 9.17) is 10.5 Å². The number of phenols is 1. The minimum atomic E-state index is -0.915. The number of anilines is 1. The van der Waals surface area contributed by atoms with Crippen LogP contribution in [-0.4, -0.2) is 62.6 Å². The van der Waals surface area contributed by atoms with E-state index >= 15 is 0 Å². The van der Waals surface area contributed by atoms with Gasteiger partial charge in [-0.25, -0.2) is 9.18 Å². The number of urea groups is 1. The first-order chi connectivity index (χ1) is 17.8. The lowest BCUT2D eigenvalue weighted by atomic mass is 10.2. The van der Waals surface area contributed by atoms with E-state index in [0.717, 1.165) is 17.6 Å². The molecule has 3 N–H and O–H groups in total. The highest BCUT2D eigenvalue weighted by Crippen LogP contribution is 2.30. The summed E-state index contributed by atoms with van der Waals surface area (Å²) < 4.78 is 22.6. The number of hydrogen-bond acceptors (Lipinski definition) is 8. The Morgan fingerprint density at radius 2 is 2.05 bits per heavy atom. The molecule has 2 heterocycles. The van der Waals surface area contributed by atoms with Crippen molar-refractivity contribution in [2.45, 2.75) is 6.54 Å². The summed E-state index contributed by atoms with van der Waals surface area (Å²) in [5, 5.41) is 22.6. The molecule has 0 bridgehead atoms. The van der Waals surface area contributed by atoms with Gasteiger partial charge in [0.15, 0.2) is 17.4 Å². The summed E-state index contributed by atoms with van der Waals surface area (Å²) in [6, 6.07) is 12.5. The largest absolute Gasteiger partial charge is 0.508 e. The highest BCUT2D eigenvalue weighted by atomic mass is 19.1. The molecule has 0 aliphatic rings. The Morgan fingerprint density at radius 3 is 2.78 bits per heavy atom. The third kappa shape index (κ3) is 6.44. The molecule has 0 aliphatic heterocycles. The van der Waals surface area contributed by atoms with Crippen LogP contribution >= 0.6 is 0 Å². The summed E-state index contributed by atoms with van der Waals surface area (Å²) in [4.78, 5) is 18.3. The number of pyridine rings is 1. The number of halogens is 1. The number of aromatic hydroxyl groups is 1. The van der Waals surface area contributed by atoms with Crippen molar-refractivity contribution in [1.82, 2.24) is 24.6 Å².